The number of hydrogen-bond donors (Lipinski definition) is 2. The molecule has 0 atom stereocenters. The Balaban J connectivity index is 2.82. The van der Waals surface area contributed by atoms with Gasteiger partial charge in [0.15, 0.2) is 0 Å². The Bertz CT molecular complexity index is 241. The van der Waals surface area contributed by atoms with Gasteiger partial charge in [0.2, 0.25) is 0 Å². The van der Waals surface area contributed by atoms with Gasteiger partial charge in [-0.25, -0.2) is 9.79 Å². The molecule has 0 radical (unpaired) electrons. The first-order chi connectivity index (χ1) is 4.70. The minimum Gasteiger partial charge on any atom is -0.478 e. The maximum Gasteiger partial charge on any atom is 0.330 e. The maximum atomic E-state index is 10.5. The Morgan fingerprint density at radius 3 is 2.90 bits per heavy atom. The van der Waals surface area contributed by atoms with Crippen LogP contribution in [0.2, 0.25) is 0 Å². The van der Waals surface area contributed by atoms with Gasteiger partial charge >= 0.3 is 5.97 Å². The zero-order valence-electron chi connectivity index (χ0n) is 4.87. The van der Waals surface area contributed by atoms with E-state index in [-0.39, 0.29) is 5.70 Å². The van der Waals surface area contributed by atoms with Crippen LogP contribution >= 0.6 is 0 Å². The number of carboxylic acids is 1. The first kappa shape index (κ1) is 6.47. The number of aliphatic imine (C=N–C) groups is 1. The largest absolute Gasteiger partial charge is 0.478 e. The van der Waals surface area contributed by atoms with Crippen LogP contribution < -0.4 is 5.32 Å². The molecule has 0 saturated heterocycles. The highest BCUT2D eigenvalue weighted by Gasteiger charge is 2.12. The van der Waals surface area contributed by atoms with Crippen molar-refractivity contribution in [2.24, 2.45) is 4.99 Å². The molecule has 1 rings (SSSR count). The smallest absolute Gasteiger partial charge is 0.330 e. The van der Waals surface area contributed by atoms with Crippen LogP contribution in [0, 0.1) is 0 Å². The number of nitrogens with zero attached hydrogens (tertiary/aromatic N) is 1. The normalized spacial score (nSPS) is 19.6. The lowest BCUT2D eigenvalue weighted by Crippen LogP contribution is -2.15. The van der Waals surface area contributed by atoms with Crippen molar-refractivity contribution >= 4 is 18.2 Å². The summed E-state index contributed by atoms with van der Waals surface area (Å²) in [7, 11) is 0. The van der Waals surface area contributed by atoms with Crippen molar-refractivity contribution < 1.29 is 14.7 Å². The van der Waals surface area contributed by atoms with Gasteiger partial charge in [-0.05, 0) is 0 Å². The van der Waals surface area contributed by atoms with Gasteiger partial charge in [-0.15, -0.1) is 0 Å². The first-order valence-electron chi connectivity index (χ1n) is 2.48. The van der Waals surface area contributed by atoms with E-state index >= 15 is 0 Å². The third-order valence-corrected chi connectivity index (χ3v) is 0.892. The van der Waals surface area contributed by atoms with Gasteiger partial charge in [-0.3, -0.25) is 4.79 Å². The minimum absolute atomic E-state index is 0.0764. The summed E-state index contributed by atoms with van der Waals surface area (Å²) >= 11 is 0. The maximum absolute atomic E-state index is 10.5. The van der Waals surface area contributed by atoms with Crippen LogP contribution in [0.25, 0.3) is 0 Å². The monoisotopic (exact) mass is 140 g/mol. The molecule has 1 aliphatic heterocycles. The van der Waals surface area contributed by atoms with E-state index in [1.807, 2.05) is 0 Å². The summed E-state index contributed by atoms with van der Waals surface area (Å²) in [5, 5.41) is 10.4. The number of amides is 1. The number of carbonyl (C=O) groups is 2. The van der Waals surface area contributed by atoms with E-state index in [1.54, 1.807) is 0 Å². The van der Waals surface area contributed by atoms with Crippen molar-refractivity contribution in [3.63, 3.8) is 0 Å². The van der Waals surface area contributed by atoms with Gasteiger partial charge in [-0.1, -0.05) is 0 Å². The molecule has 1 heterocycles. The fourth-order valence-corrected chi connectivity index (χ4v) is 0.513. The Hall–Kier alpha value is -1.65. The second-order valence-corrected chi connectivity index (χ2v) is 1.60. The molecule has 5 nitrogen and oxygen atoms in total. The van der Waals surface area contributed by atoms with Gasteiger partial charge < -0.3 is 10.4 Å². The molecule has 0 aliphatic carbocycles. The van der Waals surface area contributed by atoms with Crippen LogP contribution in [0.15, 0.2) is 16.8 Å². The summed E-state index contributed by atoms with van der Waals surface area (Å²) in [5.74, 6) is -1.66. The van der Waals surface area contributed by atoms with E-state index < -0.39 is 11.9 Å². The molecule has 0 fully saturated rings. The lowest BCUT2D eigenvalue weighted by molar-refractivity contribution is -0.131. The Kier molecular flexibility index (Phi) is 1.49. The fraction of sp³-hybridized carbons (Fsp3) is 0. The minimum atomic E-state index is -1.18. The van der Waals surface area contributed by atoms with Crippen LogP contribution in [0.4, 0.5) is 0 Å². The fourth-order valence-electron chi connectivity index (χ4n) is 0.513. The van der Waals surface area contributed by atoms with Crippen molar-refractivity contribution in [3.8, 4) is 0 Å². The third-order valence-electron chi connectivity index (χ3n) is 0.892. The molecular weight excluding hydrogens is 136 g/mol. The van der Waals surface area contributed by atoms with Crippen molar-refractivity contribution in [2.75, 3.05) is 0 Å². The second kappa shape index (κ2) is 2.30. The van der Waals surface area contributed by atoms with Crippen LogP contribution in [-0.4, -0.2) is 23.3 Å². The van der Waals surface area contributed by atoms with E-state index in [0.29, 0.717) is 0 Å². The van der Waals surface area contributed by atoms with Crippen molar-refractivity contribution in [2.45, 2.75) is 0 Å². The molecule has 1 amide bonds. The van der Waals surface area contributed by atoms with Gasteiger partial charge in [0.05, 0.1) is 12.4 Å². The number of nitrogens with one attached hydrogen (secondary N) is 1. The van der Waals surface area contributed by atoms with E-state index in [1.165, 1.54) is 0 Å². The molecule has 10 heavy (non-hydrogen) atoms. The number of aliphatic carboxylic acids is 1. The quantitative estimate of drug-likeness (QED) is 0.464. The number of rotatable bonds is 1. The van der Waals surface area contributed by atoms with Gasteiger partial charge in [0, 0.05) is 0 Å². The van der Waals surface area contributed by atoms with Crippen LogP contribution in [0.5, 0.6) is 0 Å². The molecule has 52 valence electrons. The Morgan fingerprint density at radius 1 is 1.80 bits per heavy atom. The van der Waals surface area contributed by atoms with E-state index in [9.17, 15) is 9.59 Å². The highest BCUT2D eigenvalue weighted by molar-refractivity contribution is 6.07. The van der Waals surface area contributed by atoms with E-state index in [4.69, 9.17) is 5.11 Å². The molecule has 2 N–H and O–H groups in total. The number of hydrogen-bond acceptors (Lipinski definition) is 3. The van der Waals surface area contributed by atoms with Gasteiger partial charge in [-0.2, -0.15) is 0 Å². The molecule has 0 aromatic heterocycles. The standard InChI is InChI=1S/C5H4N2O3/c8-4(9)1-3-5(10)7-2-6-3/h1-2H,(H,8,9)(H,6,7,10). The summed E-state index contributed by atoms with van der Waals surface area (Å²) in [5.41, 5.74) is -0.0764. The highest BCUT2D eigenvalue weighted by atomic mass is 16.4. The lowest BCUT2D eigenvalue weighted by atomic mass is 10.4. The Morgan fingerprint density at radius 2 is 2.50 bits per heavy atom. The SMILES string of the molecule is O=C(O)C=C1N=CNC1=O. The molecule has 0 saturated carbocycles. The average Bonchev–Trinajstić information content (AvgIpc) is 2.15. The van der Waals surface area contributed by atoms with Gasteiger partial charge in [0.25, 0.3) is 5.91 Å². The predicted molar refractivity (Wildman–Crippen MR) is 32.4 cm³/mol. The summed E-state index contributed by atoms with van der Waals surface area (Å²) in [6, 6.07) is 0. The molecular formula is C5H4N2O3. The number of carbonyl (C=O) groups excluding carboxylic acids is 1. The van der Waals surface area contributed by atoms with E-state index in [0.717, 1.165) is 12.4 Å². The topological polar surface area (TPSA) is 78.8 Å². The third kappa shape index (κ3) is 1.19. The summed E-state index contributed by atoms with van der Waals surface area (Å²) in [6.45, 7) is 0. The zero-order valence-corrected chi connectivity index (χ0v) is 4.87. The zero-order chi connectivity index (χ0) is 7.56. The van der Waals surface area contributed by atoms with Crippen molar-refractivity contribution in [3.05, 3.63) is 11.8 Å². The molecule has 0 aromatic rings. The van der Waals surface area contributed by atoms with Crippen LogP contribution in [-0.2, 0) is 9.59 Å². The number of carboxylic acid groups (broad SMARTS) is 1. The average molecular weight is 140 g/mol. The lowest BCUT2D eigenvalue weighted by Gasteiger charge is -1.85. The predicted octanol–water partition coefficient (Wildman–Crippen LogP) is -0.887. The molecule has 0 unspecified atom stereocenters. The highest BCUT2D eigenvalue weighted by Crippen LogP contribution is 1.99. The first-order valence-corrected chi connectivity index (χ1v) is 2.48. The van der Waals surface area contributed by atoms with Crippen molar-refractivity contribution in [1.29, 1.82) is 0 Å². The second-order valence-electron chi connectivity index (χ2n) is 1.60. The van der Waals surface area contributed by atoms with E-state index in [2.05, 4.69) is 10.3 Å². The van der Waals surface area contributed by atoms with Crippen molar-refractivity contribution in [1.82, 2.24) is 5.32 Å². The van der Waals surface area contributed by atoms with Crippen LogP contribution in [0.3, 0.4) is 0 Å². The van der Waals surface area contributed by atoms with Crippen LogP contribution in [0.1, 0.15) is 0 Å². The molecule has 0 spiro atoms. The molecule has 1 aliphatic rings. The molecule has 0 aromatic carbocycles. The Labute approximate surface area is 56.1 Å². The summed E-state index contributed by atoms with van der Waals surface area (Å²) < 4.78 is 0. The summed E-state index contributed by atoms with van der Waals surface area (Å²) in [6.07, 6.45) is 1.90. The summed E-state index contributed by atoms with van der Waals surface area (Å²) in [4.78, 5) is 24.0. The molecule has 5 heteroatoms. The molecule has 0 bridgehead atoms. The van der Waals surface area contributed by atoms with Gasteiger partial charge in [0.1, 0.15) is 5.70 Å².